The predicted octanol–water partition coefficient (Wildman–Crippen LogP) is 1.87. The second kappa shape index (κ2) is 16.0. The van der Waals surface area contributed by atoms with Gasteiger partial charge >= 0.3 is 6.18 Å². The van der Waals surface area contributed by atoms with Gasteiger partial charge in [-0.25, -0.2) is 4.98 Å². The number of halogens is 3. The molecule has 0 unspecified atom stereocenters. The first-order valence-corrected chi connectivity index (χ1v) is 7.90. The van der Waals surface area contributed by atoms with Crippen molar-refractivity contribution in [1.82, 2.24) is 25.6 Å². The molecular formula is C16H24F3N5O2. The Kier molecular flexibility index (Phi) is 14.5. The highest BCUT2D eigenvalue weighted by Gasteiger charge is 2.32. The lowest BCUT2D eigenvalue weighted by atomic mass is 10.4. The van der Waals surface area contributed by atoms with Crippen molar-refractivity contribution in [1.29, 1.82) is 0 Å². The second-order valence-electron chi connectivity index (χ2n) is 4.52. The highest BCUT2D eigenvalue weighted by atomic mass is 19.4. The van der Waals surface area contributed by atoms with Gasteiger partial charge in [0.1, 0.15) is 0 Å². The monoisotopic (exact) mass is 375 g/mol. The van der Waals surface area contributed by atoms with Gasteiger partial charge in [-0.15, -0.1) is 0 Å². The summed E-state index contributed by atoms with van der Waals surface area (Å²) in [6.07, 6.45) is 2.24. The zero-order valence-electron chi connectivity index (χ0n) is 14.5. The van der Waals surface area contributed by atoms with Gasteiger partial charge in [0.05, 0.1) is 12.8 Å². The minimum absolute atomic E-state index is 0.431. The lowest BCUT2D eigenvalue weighted by molar-refractivity contribution is -0.141. The first-order valence-electron chi connectivity index (χ1n) is 7.90. The number of aromatic amines is 1. The predicted molar refractivity (Wildman–Crippen MR) is 91.3 cm³/mol. The fourth-order valence-corrected chi connectivity index (χ4v) is 1.39. The molecule has 3 rings (SSSR count). The smallest absolute Gasteiger partial charge is 0.434 e. The van der Waals surface area contributed by atoms with Gasteiger partial charge in [-0.2, -0.15) is 13.2 Å². The SMILES string of the molecule is C1CNCCN1.CCOC=O.FC(F)(F)c1cnccn1.c1cc[nH]c1. The van der Waals surface area contributed by atoms with Crippen molar-refractivity contribution in [3.63, 3.8) is 0 Å². The lowest BCUT2D eigenvalue weighted by Gasteiger charge is -2.11. The van der Waals surface area contributed by atoms with Crippen LogP contribution in [-0.2, 0) is 15.7 Å². The number of carbonyl (C=O) groups excluding carboxylic acids is 1. The van der Waals surface area contributed by atoms with Gasteiger partial charge in [0.25, 0.3) is 6.47 Å². The fourth-order valence-electron chi connectivity index (χ4n) is 1.39. The summed E-state index contributed by atoms with van der Waals surface area (Å²) in [4.78, 5) is 18.4. The Morgan fingerprint density at radius 1 is 1.12 bits per heavy atom. The molecule has 10 heteroatoms. The van der Waals surface area contributed by atoms with E-state index in [1.165, 1.54) is 6.20 Å². The molecule has 1 saturated heterocycles. The van der Waals surface area contributed by atoms with Gasteiger partial charge < -0.3 is 20.4 Å². The Morgan fingerprint density at radius 3 is 1.88 bits per heavy atom. The summed E-state index contributed by atoms with van der Waals surface area (Å²) in [5, 5.41) is 6.44. The fraction of sp³-hybridized carbons (Fsp3) is 0.438. The summed E-state index contributed by atoms with van der Waals surface area (Å²) in [5.41, 5.74) is -0.963. The summed E-state index contributed by atoms with van der Waals surface area (Å²) in [6.45, 7) is 7.22. The highest BCUT2D eigenvalue weighted by molar-refractivity contribution is 5.36. The molecule has 0 atom stereocenters. The van der Waals surface area contributed by atoms with E-state index in [1.54, 1.807) is 6.92 Å². The molecule has 3 N–H and O–H groups in total. The molecule has 3 heterocycles. The van der Waals surface area contributed by atoms with Crippen molar-refractivity contribution in [3.05, 3.63) is 48.8 Å². The average Bonchev–Trinajstić information content (AvgIpc) is 3.25. The van der Waals surface area contributed by atoms with Gasteiger partial charge in [0.2, 0.25) is 0 Å². The summed E-state index contributed by atoms with van der Waals surface area (Å²) in [5.74, 6) is 0. The Morgan fingerprint density at radius 2 is 1.69 bits per heavy atom. The van der Waals surface area contributed by atoms with Crippen LogP contribution in [0.3, 0.4) is 0 Å². The second-order valence-corrected chi connectivity index (χ2v) is 4.52. The molecule has 26 heavy (non-hydrogen) atoms. The molecular weight excluding hydrogens is 351 g/mol. The molecule has 0 aromatic carbocycles. The average molecular weight is 375 g/mol. The molecule has 7 nitrogen and oxygen atoms in total. The van der Waals surface area contributed by atoms with Crippen molar-refractivity contribution in [2.75, 3.05) is 32.8 Å². The van der Waals surface area contributed by atoms with Gasteiger partial charge in [0, 0.05) is 51.0 Å². The maximum atomic E-state index is 11.7. The number of nitrogens with one attached hydrogen (secondary N) is 3. The van der Waals surface area contributed by atoms with Gasteiger partial charge in [-0.3, -0.25) is 9.78 Å². The minimum Gasteiger partial charge on any atom is -0.468 e. The number of hydrogen-bond donors (Lipinski definition) is 3. The van der Waals surface area contributed by atoms with E-state index in [4.69, 9.17) is 0 Å². The molecule has 0 radical (unpaired) electrons. The number of H-pyrrole nitrogens is 1. The third-order valence-electron chi connectivity index (χ3n) is 2.54. The van der Waals surface area contributed by atoms with Crippen LogP contribution < -0.4 is 10.6 Å². The Bertz CT molecular complexity index is 492. The van der Waals surface area contributed by atoms with Gasteiger partial charge in [-0.05, 0) is 19.1 Å². The van der Waals surface area contributed by atoms with Crippen LogP contribution in [0, 0.1) is 0 Å². The molecule has 1 aliphatic rings. The number of hydrogen-bond acceptors (Lipinski definition) is 6. The van der Waals surface area contributed by atoms with E-state index in [0.29, 0.717) is 19.3 Å². The van der Waals surface area contributed by atoms with Crippen molar-refractivity contribution in [2.24, 2.45) is 0 Å². The van der Waals surface area contributed by atoms with E-state index >= 15 is 0 Å². The van der Waals surface area contributed by atoms with Crippen molar-refractivity contribution in [2.45, 2.75) is 13.1 Å². The van der Waals surface area contributed by atoms with Crippen LogP contribution in [-0.4, -0.2) is 54.2 Å². The normalized spacial score (nSPS) is 12.8. The molecule has 0 saturated carbocycles. The number of piperazine rings is 1. The van der Waals surface area contributed by atoms with E-state index in [2.05, 4.69) is 30.3 Å². The Labute approximate surface area is 150 Å². The molecule has 0 bridgehead atoms. The Balaban J connectivity index is 0.000000338. The minimum atomic E-state index is -4.38. The zero-order chi connectivity index (χ0) is 19.5. The molecule has 146 valence electrons. The van der Waals surface area contributed by atoms with Crippen molar-refractivity contribution < 1.29 is 22.7 Å². The molecule has 2 aromatic rings. The summed E-state index contributed by atoms with van der Waals surface area (Å²) in [6, 6.07) is 3.89. The van der Waals surface area contributed by atoms with E-state index in [9.17, 15) is 18.0 Å². The highest BCUT2D eigenvalue weighted by Crippen LogP contribution is 2.25. The van der Waals surface area contributed by atoms with Crippen molar-refractivity contribution >= 4 is 6.47 Å². The number of ether oxygens (including phenoxy) is 1. The van der Waals surface area contributed by atoms with Gasteiger partial charge in [0.15, 0.2) is 5.69 Å². The van der Waals surface area contributed by atoms with Crippen LogP contribution in [0.1, 0.15) is 12.6 Å². The lowest BCUT2D eigenvalue weighted by Crippen LogP contribution is -2.39. The van der Waals surface area contributed by atoms with E-state index in [1.807, 2.05) is 24.5 Å². The van der Waals surface area contributed by atoms with Crippen LogP contribution >= 0.6 is 0 Å². The molecule has 1 fully saturated rings. The number of alkyl halides is 3. The topological polar surface area (TPSA) is 91.9 Å². The summed E-state index contributed by atoms with van der Waals surface area (Å²) < 4.78 is 39.2. The quantitative estimate of drug-likeness (QED) is 0.694. The van der Waals surface area contributed by atoms with Crippen LogP contribution in [0.2, 0.25) is 0 Å². The number of carbonyl (C=O) groups is 1. The first kappa shape index (κ1) is 23.5. The van der Waals surface area contributed by atoms with Crippen LogP contribution in [0.5, 0.6) is 0 Å². The van der Waals surface area contributed by atoms with E-state index in [0.717, 1.165) is 32.4 Å². The summed E-state index contributed by atoms with van der Waals surface area (Å²) in [7, 11) is 0. The largest absolute Gasteiger partial charge is 0.468 e. The van der Waals surface area contributed by atoms with E-state index < -0.39 is 11.9 Å². The standard InChI is InChI=1S/C5H3F3N2.C4H10N2.C4H5N.C3H6O2/c6-5(7,8)4-3-9-1-2-10-4;1-2-6-4-3-5-1;1-2-4-5-3-1;1-2-5-3-4/h1-3H;5-6H,1-4H2;1-5H;3H,2H2,1H3. The summed E-state index contributed by atoms with van der Waals surface area (Å²) >= 11 is 0. The third kappa shape index (κ3) is 15.1. The molecule has 1 aliphatic heterocycles. The Hall–Kier alpha value is -2.46. The number of aromatic nitrogens is 3. The third-order valence-corrected chi connectivity index (χ3v) is 2.54. The van der Waals surface area contributed by atoms with Crippen LogP contribution in [0.15, 0.2) is 43.1 Å². The van der Waals surface area contributed by atoms with Crippen LogP contribution in [0.25, 0.3) is 0 Å². The van der Waals surface area contributed by atoms with Crippen LogP contribution in [0.4, 0.5) is 13.2 Å². The van der Waals surface area contributed by atoms with Gasteiger partial charge in [-0.1, -0.05) is 0 Å². The van der Waals surface area contributed by atoms with E-state index in [-0.39, 0.29) is 0 Å². The number of rotatable bonds is 2. The molecule has 0 amide bonds. The molecule has 0 aliphatic carbocycles. The maximum absolute atomic E-state index is 11.7. The first-order chi connectivity index (χ1) is 12.5. The van der Waals surface area contributed by atoms with Crippen molar-refractivity contribution in [3.8, 4) is 0 Å². The maximum Gasteiger partial charge on any atom is 0.434 e. The zero-order valence-corrected chi connectivity index (χ0v) is 14.5. The molecule has 0 spiro atoms. The molecule has 2 aromatic heterocycles. The number of nitrogens with zero attached hydrogens (tertiary/aromatic N) is 2.